The maximum Gasteiger partial charge on any atom is 0.256 e. The van der Waals surface area contributed by atoms with Crippen LogP contribution in [0.2, 0.25) is 0 Å². The Balaban J connectivity index is 1.57. The summed E-state index contributed by atoms with van der Waals surface area (Å²) in [6, 6.07) is 6.17. The fraction of sp³-hybridized carbons (Fsp3) is 0.278. The van der Waals surface area contributed by atoms with Crippen molar-refractivity contribution in [3.05, 3.63) is 60.2 Å². The quantitative estimate of drug-likeness (QED) is 0.770. The molecule has 1 fully saturated rings. The van der Waals surface area contributed by atoms with E-state index < -0.39 is 0 Å². The number of nitrogens with zero attached hydrogens (tertiary/aromatic N) is 3. The minimum atomic E-state index is -0.293. The number of hydrogen-bond donors (Lipinski definition) is 2. The molecule has 7 heteroatoms. The van der Waals surface area contributed by atoms with Gasteiger partial charge in [-0.1, -0.05) is 12.1 Å². The molecule has 1 atom stereocenters. The largest absolute Gasteiger partial charge is 0.366 e. The van der Waals surface area contributed by atoms with Crippen molar-refractivity contribution in [2.24, 2.45) is 0 Å². The predicted octanol–water partition coefficient (Wildman–Crippen LogP) is 2.96. The average Bonchev–Trinajstić information content (AvgIpc) is 3.34. The number of aromatic amines is 2. The number of nitrogens with one attached hydrogen (secondary N) is 2. The Bertz CT molecular complexity index is 856. The lowest BCUT2D eigenvalue weighted by Gasteiger charge is -2.31. The van der Waals surface area contributed by atoms with Gasteiger partial charge in [0.1, 0.15) is 18.0 Å². The number of amides is 1. The van der Waals surface area contributed by atoms with Crippen molar-refractivity contribution in [3.8, 4) is 11.1 Å². The number of carbonyl (C=O) groups is 1. The van der Waals surface area contributed by atoms with Gasteiger partial charge in [-0.05, 0) is 30.5 Å². The van der Waals surface area contributed by atoms with Gasteiger partial charge in [0.15, 0.2) is 0 Å². The fourth-order valence-electron chi connectivity index (χ4n) is 3.38. The molecule has 2 aromatic heterocycles. The molecule has 1 amide bonds. The summed E-state index contributed by atoms with van der Waals surface area (Å²) < 4.78 is 13.2. The number of aromatic nitrogens is 4. The van der Waals surface area contributed by atoms with Crippen LogP contribution in [0.1, 0.15) is 34.9 Å². The lowest BCUT2D eigenvalue weighted by molar-refractivity contribution is 0.0705. The standard InChI is InChI=1S/C18H18FN5O/c19-14-5-3-12(4-6-14)15-8-20-9-16(15)18(25)24-7-1-2-13(10-24)17-21-11-22-23-17/h3-6,8-9,11,13,20H,1-2,7,10H2,(H,21,22,23). The Hall–Kier alpha value is -2.96. The van der Waals surface area contributed by atoms with Gasteiger partial charge in [-0.2, -0.15) is 5.10 Å². The molecule has 1 saturated heterocycles. The van der Waals surface area contributed by atoms with E-state index in [1.54, 1.807) is 24.5 Å². The summed E-state index contributed by atoms with van der Waals surface area (Å²) in [5.74, 6) is 0.682. The summed E-state index contributed by atoms with van der Waals surface area (Å²) in [6.45, 7) is 1.33. The topological polar surface area (TPSA) is 77.7 Å². The Morgan fingerprint density at radius 2 is 2.08 bits per heavy atom. The minimum absolute atomic E-state index is 0.0233. The molecule has 2 N–H and O–H groups in total. The molecule has 1 unspecified atom stereocenters. The van der Waals surface area contributed by atoms with Gasteiger partial charge >= 0.3 is 0 Å². The van der Waals surface area contributed by atoms with Crippen molar-refractivity contribution in [2.45, 2.75) is 18.8 Å². The van der Waals surface area contributed by atoms with Crippen LogP contribution in [0.15, 0.2) is 43.0 Å². The first-order valence-electron chi connectivity index (χ1n) is 8.29. The zero-order valence-electron chi connectivity index (χ0n) is 13.6. The molecule has 0 radical (unpaired) electrons. The summed E-state index contributed by atoms with van der Waals surface area (Å²) in [5, 5.41) is 6.81. The maximum absolute atomic E-state index is 13.2. The molecule has 1 aliphatic heterocycles. The third kappa shape index (κ3) is 3.05. The highest BCUT2D eigenvalue weighted by molar-refractivity contribution is 6.00. The van der Waals surface area contributed by atoms with Gasteiger partial charge in [-0.25, -0.2) is 9.37 Å². The van der Waals surface area contributed by atoms with Crippen molar-refractivity contribution in [1.29, 1.82) is 0 Å². The van der Waals surface area contributed by atoms with Crippen LogP contribution >= 0.6 is 0 Å². The fourth-order valence-corrected chi connectivity index (χ4v) is 3.38. The van der Waals surface area contributed by atoms with Gasteiger partial charge in [0.2, 0.25) is 0 Å². The van der Waals surface area contributed by atoms with E-state index in [1.165, 1.54) is 18.5 Å². The summed E-state index contributed by atoms with van der Waals surface area (Å²) >= 11 is 0. The molecule has 0 spiro atoms. The number of rotatable bonds is 3. The minimum Gasteiger partial charge on any atom is -0.366 e. The van der Waals surface area contributed by atoms with E-state index in [-0.39, 0.29) is 17.6 Å². The molecular weight excluding hydrogens is 321 g/mol. The number of carbonyl (C=O) groups excluding carboxylic acids is 1. The maximum atomic E-state index is 13.2. The third-order valence-corrected chi connectivity index (χ3v) is 4.66. The zero-order chi connectivity index (χ0) is 17.2. The van der Waals surface area contributed by atoms with Gasteiger partial charge in [0.05, 0.1) is 5.56 Å². The smallest absolute Gasteiger partial charge is 0.256 e. The van der Waals surface area contributed by atoms with Crippen LogP contribution in [-0.4, -0.2) is 44.1 Å². The van der Waals surface area contributed by atoms with E-state index >= 15 is 0 Å². The third-order valence-electron chi connectivity index (χ3n) is 4.66. The van der Waals surface area contributed by atoms with Crippen LogP contribution in [0, 0.1) is 5.82 Å². The highest BCUT2D eigenvalue weighted by Gasteiger charge is 2.28. The van der Waals surface area contributed by atoms with Gasteiger partial charge in [0, 0.05) is 37.0 Å². The first-order chi connectivity index (χ1) is 12.2. The molecule has 0 bridgehead atoms. The molecule has 3 aromatic rings. The second kappa shape index (κ2) is 6.51. The lowest BCUT2D eigenvalue weighted by atomic mass is 9.96. The number of likely N-dealkylation sites (tertiary alicyclic amines) is 1. The monoisotopic (exact) mass is 339 g/mol. The lowest BCUT2D eigenvalue weighted by Crippen LogP contribution is -2.39. The number of hydrogen-bond acceptors (Lipinski definition) is 3. The molecule has 128 valence electrons. The SMILES string of the molecule is O=C(c1c[nH]cc1-c1ccc(F)cc1)N1CCCC(c2ncn[nH]2)C1. The highest BCUT2D eigenvalue weighted by Crippen LogP contribution is 2.29. The number of H-pyrrole nitrogens is 2. The van der Waals surface area contributed by atoms with Gasteiger partial charge < -0.3 is 9.88 Å². The van der Waals surface area contributed by atoms with Crippen LogP contribution in [0.5, 0.6) is 0 Å². The molecule has 1 aromatic carbocycles. The Kier molecular flexibility index (Phi) is 4.05. The van der Waals surface area contributed by atoms with E-state index in [1.807, 2.05) is 4.90 Å². The number of halogens is 1. The van der Waals surface area contributed by atoms with Crippen LogP contribution in [-0.2, 0) is 0 Å². The van der Waals surface area contributed by atoms with Gasteiger partial charge in [-0.15, -0.1) is 0 Å². The first-order valence-corrected chi connectivity index (χ1v) is 8.29. The molecule has 6 nitrogen and oxygen atoms in total. The van der Waals surface area contributed by atoms with Crippen molar-refractivity contribution >= 4 is 5.91 Å². The van der Waals surface area contributed by atoms with Crippen LogP contribution in [0.3, 0.4) is 0 Å². The van der Waals surface area contributed by atoms with E-state index in [9.17, 15) is 9.18 Å². The van der Waals surface area contributed by atoms with Crippen molar-refractivity contribution < 1.29 is 9.18 Å². The summed E-state index contributed by atoms with van der Waals surface area (Å²) in [6.07, 6.45) is 6.89. The molecule has 3 heterocycles. The van der Waals surface area contributed by atoms with E-state index in [0.717, 1.165) is 36.3 Å². The highest BCUT2D eigenvalue weighted by atomic mass is 19.1. The summed E-state index contributed by atoms with van der Waals surface area (Å²) in [7, 11) is 0. The Morgan fingerprint density at radius 3 is 2.84 bits per heavy atom. The number of benzene rings is 1. The molecular formula is C18H18FN5O. The van der Waals surface area contributed by atoms with E-state index in [4.69, 9.17) is 0 Å². The Labute approximate surface area is 144 Å². The normalized spacial score (nSPS) is 17.6. The van der Waals surface area contributed by atoms with E-state index in [2.05, 4.69) is 20.2 Å². The molecule has 25 heavy (non-hydrogen) atoms. The average molecular weight is 339 g/mol. The molecule has 1 aliphatic rings. The van der Waals surface area contributed by atoms with Crippen molar-refractivity contribution in [1.82, 2.24) is 25.1 Å². The van der Waals surface area contributed by atoms with Gasteiger partial charge in [-0.3, -0.25) is 9.89 Å². The van der Waals surface area contributed by atoms with Gasteiger partial charge in [0.25, 0.3) is 5.91 Å². The number of piperidine rings is 1. The molecule has 0 aliphatic carbocycles. The predicted molar refractivity (Wildman–Crippen MR) is 90.4 cm³/mol. The first kappa shape index (κ1) is 15.6. The van der Waals surface area contributed by atoms with Crippen LogP contribution in [0.4, 0.5) is 4.39 Å². The van der Waals surface area contributed by atoms with Crippen LogP contribution in [0.25, 0.3) is 11.1 Å². The molecule has 0 saturated carbocycles. The van der Waals surface area contributed by atoms with E-state index in [0.29, 0.717) is 12.1 Å². The zero-order valence-corrected chi connectivity index (χ0v) is 13.6. The molecule has 4 rings (SSSR count). The Morgan fingerprint density at radius 1 is 1.24 bits per heavy atom. The van der Waals surface area contributed by atoms with Crippen molar-refractivity contribution in [2.75, 3.05) is 13.1 Å². The van der Waals surface area contributed by atoms with Crippen molar-refractivity contribution in [3.63, 3.8) is 0 Å². The summed E-state index contributed by atoms with van der Waals surface area (Å²) in [5.41, 5.74) is 2.20. The second-order valence-electron chi connectivity index (χ2n) is 6.25. The van der Waals surface area contributed by atoms with Crippen LogP contribution < -0.4 is 0 Å². The second-order valence-corrected chi connectivity index (χ2v) is 6.25. The summed E-state index contributed by atoms with van der Waals surface area (Å²) in [4.78, 5) is 22.1.